The number of hydrogen-bond acceptors (Lipinski definition) is 4. The molecule has 64 valence electrons. The zero-order valence-corrected chi connectivity index (χ0v) is 7.47. The molecule has 1 atom stereocenters. The van der Waals surface area contributed by atoms with Gasteiger partial charge in [0.05, 0.1) is 0 Å². The van der Waals surface area contributed by atoms with Crippen LogP contribution in [0.15, 0.2) is 0 Å². The molecule has 0 spiro atoms. The van der Waals surface area contributed by atoms with Crippen molar-refractivity contribution in [2.75, 3.05) is 24.6 Å². The van der Waals surface area contributed by atoms with Crippen LogP contribution in [0.3, 0.4) is 0 Å². The second kappa shape index (κ2) is 4.62. The van der Waals surface area contributed by atoms with Gasteiger partial charge in [0, 0.05) is 24.6 Å². The third-order valence-electron chi connectivity index (χ3n) is 1.81. The van der Waals surface area contributed by atoms with Crippen molar-refractivity contribution in [1.82, 2.24) is 4.90 Å². The third-order valence-corrected chi connectivity index (χ3v) is 2.75. The van der Waals surface area contributed by atoms with E-state index in [-0.39, 0.29) is 6.23 Å². The van der Waals surface area contributed by atoms with Crippen LogP contribution in [0.4, 0.5) is 0 Å². The predicted octanol–water partition coefficient (Wildman–Crippen LogP) is 0.554. The van der Waals surface area contributed by atoms with Gasteiger partial charge < -0.3 is 4.74 Å². The molecule has 1 heterocycles. The standard InChI is InChI=1S/C7H13NO2S/c1-7(10-6-9)8-2-4-11-5-3-8/h6-7H,2-5H2,1H3. The summed E-state index contributed by atoms with van der Waals surface area (Å²) in [4.78, 5) is 12.2. The Hall–Kier alpha value is -0.220. The first-order chi connectivity index (χ1) is 5.34. The third kappa shape index (κ3) is 2.71. The predicted molar refractivity (Wildman–Crippen MR) is 45.5 cm³/mol. The summed E-state index contributed by atoms with van der Waals surface area (Å²) in [6, 6.07) is 0. The van der Waals surface area contributed by atoms with E-state index in [0.717, 1.165) is 24.6 Å². The first kappa shape index (κ1) is 8.87. The summed E-state index contributed by atoms with van der Waals surface area (Å²) >= 11 is 1.95. The Labute approximate surface area is 71.1 Å². The van der Waals surface area contributed by atoms with Gasteiger partial charge in [-0.25, -0.2) is 0 Å². The maximum atomic E-state index is 10.0. The summed E-state index contributed by atoms with van der Waals surface area (Å²) in [6.45, 7) is 4.48. The molecule has 0 aromatic heterocycles. The molecule has 1 rings (SSSR count). The highest BCUT2D eigenvalue weighted by molar-refractivity contribution is 7.99. The summed E-state index contributed by atoms with van der Waals surface area (Å²) in [6.07, 6.45) is -0.0478. The molecule has 0 radical (unpaired) electrons. The smallest absolute Gasteiger partial charge is 0.294 e. The summed E-state index contributed by atoms with van der Waals surface area (Å²) in [5.74, 6) is 2.29. The fourth-order valence-corrected chi connectivity index (χ4v) is 2.04. The van der Waals surface area contributed by atoms with Gasteiger partial charge in [-0.15, -0.1) is 0 Å². The molecular weight excluding hydrogens is 162 g/mol. The van der Waals surface area contributed by atoms with Crippen LogP contribution < -0.4 is 0 Å². The minimum absolute atomic E-state index is 0.0478. The van der Waals surface area contributed by atoms with E-state index in [1.807, 2.05) is 18.7 Å². The average Bonchev–Trinajstić information content (AvgIpc) is 2.07. The number of hydrogen-bond donors (Lipinski definition) is 0. The van der Waals surface area contributed by atoms with Crippen LogP contribution in [0.1, 0.15) is 6.92 Å². The van der Waals surface area contributed by atoms with Gasteiger partial charge in [0.1, 0.15) is 0 Å². The number of nitrogens with zero attached hydrogens (tertiary/aromatic N) is 1. The Morgan fingerprint density at radius 1 is 1.55 bits per heavy atom. The van der Waals surface area contributed by atoms with Crippen molar-refractivity contribution < 1.29 is 9.53 Å². The molecule has 0 aliphatic carbocycles. The van der Waals surface area contributed by atoms with Crippen LogP contribution in [-0.2, 0) is 9.53 Å². The molecule has 3 nitrogen and oxygen atoms in total. The van der Waals surface area contributed by atoms with Crippen LogP contribution in [-0.4, -0.2) is 42.2 Å². The van der Waals surface area contributed by atoms with Crippen LogP contribution in [0.5, 0.6) is 0 Å². The molecule has 0 saturated carbocycles. The maximum absolute atomic E-state index is 10.0. The SMILES string of the molecule is CC(OC=O)N1CCSCC1. The Morgan fingerprint density at radius 3 is 2.73 bits per heavy atom. The highest BCUT2D eigenvalue weighted by Crippen LogP contribution is 2.11. The molecule has 1 aliphatic rings. The van der Waals surface area contributed by atoms with Crippen molar-refractivity contribution in [2.24, 2.45) is 0 Å². The average molecular weight is 175 g/mol. The topological polar surface area (TPSA) is 29.5 Å². The highest BCUT2D eigenvalue weighted by Gasteiger charge is 2.16. The Kier molecular flexibility index (Phi) is 3.72. The lowest BCUT2D eigenvalue weighted by Gasteiger charge is -2.30. The van der Waals surface area contributed by atoms with Crippen molar-refractivity contribution in [3.05, 3.63) is 0 Å². The van der Waals surface area contributed by atoms with E-state index in [0.29, 0.717) is 6.47 Å². The van der Waals surface area contributed by atoms with Gasteiger partial charge in [0.15, 0.2) is 6.23 Å². The van der Waals surface area contributed by atoms with E-state index < -0.39 is 0 Å². The Bertz CT molecular complexity index is 126. The number of ether oxygens (including phenoxy) is 1. The van der Waals surface area contributed by atoms with Crippen molar-refractivity contribution in [1.29, 1.82) is 0 Å². The second-order valence-electron chi connectivity index (χ2n) is 2.48. The largest absolute Gasteiger partial charge is 0.449 e. The number of carbonyl (C=O) groups is 1. The summed E-state index contributed by atoms with van der Waals surface area (Å²) in [7, 11) is 0. The zero-order valence-electron chi connectivity index (χ0n) is 6.66. The minimum Gasteiger partial charge on any atom is -0.449 e. The molecule has 0 bridgehead atoms. The molecule has 11 heavy (non-hydrogen) atoms. The van der Waals surface area contributed by atoms with E-state index in [1.165, 1.54) is 0 Å². The molecule has 0 aromatic carbocycles. The summed E-state index contributed by atoms with van der Waals surface area (Å²) in [5, 5.41) is 0. The first-order valence-electron chi connectivity index (χ1n) is 3.75. The van der Waals surface area contributed by atoms with Crippen LogP contribution in [0.25, 0.3) is 0 Å². The van der Waals surface area contributed by atoms with Crippen molar-refractivity contribution in [3.63, 3.8) is 0 Å². The number of carbonyl (C=O) groups excluding carboxylic acids is 1. The quantitative estimate of drug-likeness (QED) is 0.586. The molecule has 0 aromatic rings. The van der Waals surface area contributed by atoms with Crippen molar-refractivity contribution >= 4 is 18.2 Å². The van der Waals surface area contributed by atoms with Crippen molar-refractivity contribution in [3.8, 4) is 0 Å². The minimum atomic E-state index is -0.0478. The van der Waals surface area contributed by atoms with Gasteiger partial charge in [0.25, 0.3) is 6.47 Å². The molecule has 1 fully saturated rings. The second-order valence-corrected chi connectivity index (χ2v) is 3.70. The summed E-state index contributed by atoms with van der Waals surface area (Å²) < 4.78 is 4.82. The Balaban J connectivity index is 2.26. The molecule has 1 saturated heterocycles. The maximum Gasteiger partial charge on any atom is 0.294 e. The normalized spacial score (nSPS) is 22.6. The number of thioether (sulfide) groups is 1. The van der Waals surface area contributed by atoms with Gasteiger partial charge in [-0.2, -0.15) is 11.8 Å². The zero-order chi connectivity index (χ0) is 8.10. The van der Waals surface area contributed by atoms with E-state index >= 15 is 0 Å². The fourth-order valence-electron chi connectivity index (χ4n) is 1.11. The van der Waals surface area contributed by atoms with E-state index in [9.17, 15) is 4.79 Å². The lowest BCUT2D eigenvalue weighted by Crippen LogP contribution is -2.40. The molecule has 1 unspecified atom stereocenters. The van der Waals surface area contributed by atoms with E-state index in [2.05, 4.69) is 4.90 Å². The van der Waals surface area contributed by atoms with Crippen LogP contribution >= 0.6 is 11.8 Å². The van der Waals surface area contributed by atoms with Gasteiger partial charge in [-0.3, -0.25) is 9.69 Å². The van der Waals surface area contributed by atoms with Crippen LogP contribution in [0.2, 0.25) is 0 Å². The fraction of sp³-hybridized carbons (Fsp3) is 0.857. The van der Waals surface area contributed by atoms with Gasteiger partial charge in [-0.05, 0) is 6.92 Å². The Morgan fingerprint density at radius 2 is 2.18 bits per heavy atom. The van der Waals surface area contributed by atoms with Gasteiger partial charge in [0.2, 0.25) is 0 Å². The molecule has 1 aliphatic heterocycles. The number of rotatable bonds is 3. The van der Waals surface area contributed by atoms with E-state index in [1.54, 1.807) is 0 Å². The van der Waals surface area contributed by atoms with Crippen molar-refractivity contribution in [2.45, 2.75) is 13.2 Å². The highest BCUT2D eigenvalue weighted by atomic mass is 32.2. The van der Waals surface area contributed by atoms with Gasteiger partial charge in [-0.1, -0.05) is 0 Å². The summed E-state index contributed by atoms with van der Waals surface area (Å²) in [5.41, 5.74) is 0. The van der Waals surface area contributed by atoms with Gasteiger partial charge >= 0.3 is 0 Å². The molecule has 0 N–H and O–H groups in total. The monoisotopic (exact) mass is 175 g/mol. The van der Waals surface area contributed by atoms with E-state index in [4.69, 9.17) is 4.74 Å². The first-order valence-corrected chi connectivity index (χ1v) is 4.91. The lowest BCUT2D eigenvalue weighted by atomic mass is 10.4. The lowest BCUT2D eigenvalue weighted by molar-refractivity contribution is -0.141. The molecule has 4 heteroatoms. The molecular formula is C7H13NO2S. The molecule has 0 amide bonds. The van der Waals surface area contributed by atoms with Crippen LogP contribution in [0, 0.1) is 0 Å².